The molecule has 0 atom stereocenters. The van der Waals surface area contributed by atoms with Crippen molar-refractivity contribution in [2.75, 3.05) is 0 Å². The Kier molecular flexibility index (Phi) is 4.24. The second kappa shape index (κ2) is 5.16. The van der Waals surface area contributed by atoms with E-state index in [1.165, 1.54) is 22.6 Å². The summed E-state index contributed by atoms with van der Waals surface area (Å²) in [6, 6.07) is 0. The van der Waals surface area contributed by atoms with Crippen LogP contribution in [0, 0.1) is 13.8 Å². The molecule has 0 saturated heterocycles. The molecule has 11 heteroatoms. The molecule has 0 unspecified atom stereocenters. The molecule has 0 fully saturated rings. The van der Waals surface area contributed by atoms with E-state index in [4.69, 9.17) is 0 Å². The predicted octanol–water partition coefficient (Wildman–Crippen LogP) is 3.43. The van der Waals surface area contributed by atoms with Crippen LogP contribution in [0.4, 0.5) is 27.6 Å². The van der Waals surface area contributed by atoms with E-state index in [0.717, 1.165) is 0 Å². The van der Waals surface area contributed by atoms with E-state index in [9.17, 15) is 32.1 Å². The number of nitro groups is 1. The van der Waals surface area contributed by atoms with Gasteiger partial charge in [-0.2, -0.15) is 0 Å². The molecule has 0 aromatic carbocycles. The largest absolute Gasteiger partial charge is 0.573 e. The summed E-state index contributed by atoms with van der Waals surface area (Å²) in [5.74, 6) is -1.54. The maximum absolute atomic E-state index is 12.5. The van der Waals surface area contributed by atoms with Gasteiger partial charge in [0.25, 0.3) is 6.43 Å². The summed E-state index contributed by atoms with van der Waals surface area (Å²) in [7, 11) is 0. The minimum Gasteiger partial charge on any atom is -0.398 e. The normalized spacial score (nSPS) is 11.7. The van der Waals surface area contributed by atoms with Crippen molar-refractivity contribution in [3.8, 4) is 5.75 Å². The molecular formula is C7H2F5IN2O3. The molecule has 0 spiro atoms. The lowest BCUT2D eigenvalue weighted by Crippen LogP contribution is -2.19. The Morgan fingerprint density at radius 2 is 2.00 bits per heavy atom. The highest BCUT2D eigenvalue weighted by atomic mass is 127. The third-order valence-corrected chi connectivity index (χ3v) is 2.41. The standard InChI is InChI=1S/C7H2F5IN2O3/c8-5(9)2-1-14-6(13)3(15(16)17)4(2)18-7(10,11)12/h1,5H. The third-order valence-electron chi connectivity index (χ3n) is 1.63. The Morgan fingerprint density at radius 3 is 2.39 bits per heavy atom. The van der Waals surface area contributed by atoms with Crippen molar-refractivity contribution in [1.29, 1.82) is 0 Å². The molecule has 0 aliphatic rings. The van der Waals surface area contributed by atoms with Gasteiger partial charge < -0.3 is 4.74 Å². The van der Waals surface area contributed by atoms with Crippen LogP contribution in [0.1, 0.15) is 12.0 Å². The molecule has 0 N–H and O–H groups in total. The predicted molar refractivity (Wildman–Crippen MR) is 55.2 cm³/mol. The van der Waals surface area contributed by atoms with Crippen molar-refractivity contribution in [1.82, 2.24) is 4.98 Å². The Labute approximate surface area is 109 Å². The summed E-state index contributed by atoms with van der Waals surface area (Å²) in [6.45, 7) is 0. The van der Waals surface area contributed by atoms with Crippen LogP contribution in [0.25, 0.3) is 0 Å². The van der Waals surface area contributed by atoms with Gasteiger partial charge in [0.2, 0.25) is 5.75 Å². The molecule has 18 heavy (non-hydrogen) atoms. The highest BCUT2D eigenvalue weighted by molar-refractivity contribution is 14.1. The van der Waals surface area contributed by atoms with Crippen molar-refractivity contribution < 1.29 is 31.6 Å². The van der Waals surface area contributed by atoms with Crippen LogP contribution < -0.4 is 4.74 Å². The summed E-state index contributed by atoms with van der Waals surface area (Å²) < 4.78 is 63.9. The summed E-state index contributed by atoms with van der Waals surface area (Å²) in [5.41, 5.74) is -2.54. The Balaban J connectivity index is 3.48. The number of alkyl halides is 5. The number of hydrogen-bond acceptors (Lipinski definition) is 4. The maximum atomic E-state index is 12.5. The third kappa shape index (κ3) is 3.36. The Hall–Kier alpha value is -1.27. The number of halogens is 6. The van der Waals surface area contributed by atoms with Gasteiger partial charge in [-0.1, -0.05) is 0 Å². The average Bonchev–Trinajstić information content (AvgIpc) is 2.13. The second-order valence-corrected chi connectivity index (χ2v) is 3.81. The fraction of sp³-hybridized carbons (Fsp3) is 0.286. The first-order chi connectivity index (χ1) is 8.13. The van der Waals surface area contributed by atoms with Gasteiger partial charge >= 0.3 is 12.0 Å². The lowest BCUT2D eigenvalue weighted by Gasteiger charge is -2.13. The summed E-state index contributed by atoms with van der Waals surface area (Å²) in [4.78, 5) is 12.5. The van der Waals surface area contributed by atoms with Crippen LogP contribution in [0.5, 0.6) is 5.75 Å². The van der Waals surface area contributed by atoms with Gasteiger partial charge in [0.1, 0.15) is 0 Å². The van der Waals surface area contributed by atoms with E-state index in [1.807, 2.05) is 0 Å². The molecule has 0 saturated carbocycles. The highest BCUT2D eigenvalue weighted by Gasteiger charge is 2.39. The molecule has 1 rings (SSSR count). The number of hydrogen-bond donors (Lipinski definition) is 0. The van der Waals surface area contributed by atoms with Crippen molar-refractivity contribution in [3.63, 3.8) is 0 Å². The maximum Gasteiger partial charge on any atom is 0.573 e. The second-order valence-electron chi connectivity index (χ2n) is 2.79. The fourth-order valence-electron chi connectivity index (χ4n) is 1.01. The van der Waals surface area contributed by atoms with Crippen molar-refractivity contribution >= 4 is 28.3 Å². The van der Waals surface area contributed by atoms with E-state index in [-0.39, 0.29) is 0 Å². The first-order valence-electron chi connectivity index (χ1n) is 4.00. The number of nitrogens with zero attached hydrogens (tertiary/aromatic N) is 2. The van der Waals surface area contributed by atoms with Crippen LogP contribution >= 0.6 is 22.6 Å². The SMILES string of the molecule is O=[N+]([O-])c1c(I)ncc(C(F)F)c1OC(F)(F)F. The zero-order valence-electron chi connectivity index (χ0n) is 8.04. The summed E-state index contributed by atoms with van der Waals surface area (Å²) in [6.07, 6.45) is -8.30. The number of ether oxygens (including phenoxy) is 1. The first kappa shape index (κ1) is 14.8. The molecule has 0 amide bonds. The van der Waals surface area contributed by atoms with Gasteiger partial charge in [0.15, 0.2) is 3.70 Å². The van der Waals surface area contributed by atoms with Crippen LogP contribution in [-0.4, -0.2) is 16.3 Å². The first-order valence-corrected chi connectivity index (χ1v) is 5.08. The molecule has 0 bridgehead atoms. The van der Waals surface area contributed by atoms with Gasteiger partial charge in [-0.25, -0.2) is 13.8 Å². The highest BCUT2D eigenvalue weighted by Crippen LogP contribution is 2.41. The molecular weight excluding hydrogens is 382 g/mol. The van der Waals surface area contributed by atoms with E-state index < -0.39 is 38.4 Å². The van der Waals surface area contributed by atoms with Crippen LogP contribution in [0.3, 0.4) is 0 Å². The molecule has 100 valence electrons. The summed E-state index contributed by atoms with van der Waals surface area (Å²) >= 11 is 1.25. The van der Waals surface area contributed by atoms with Crippen LogP contribution in [-0.2, 0) is 0 Å². The van der Waals surface area contributed by atoms with Gasteiger partial charge in [-0.3, -0.25) is 10.1 Å². The van der Waals surface area contributed by atoms with Gasteiger partial charge in [-0.05, 0) is 22.6 Å². The number of aromatic nitrogens is 1. The molecule has 1 heterocycles. The van der Waals surface area contributed by atoms with Crippen LogP contribution in [0.2, 0.25) is 0 Å². The lowest BCUT2D eigenvalue weighted by atomic mass is 10.2. The van der Waals surface area contributed by atoms with Crippen LogP contribution in [0.15, 0.2) is 6.20 Å². The summed E-state index contributed by atoms with van der Waals surface area (Å²) in [5, 5.41) is 10.6. The van der Waals surface area contributed by atoms with E-state index in [0.29, 0.717) is 6.20 Å². The Bertz CT molecular complexity index is 479. The van der Waals surface area contributed by atoms with Gasteiger partial charge in [-0.15, -0.1) is 13.2 Å². The number of pyridine rings is 1. The Morgan fingerprint density at radius 1 is 1.44 bits per heavy atom. The molecule has 0 aliphatic carbocycles. The smallest absolute Gasteiger partial charge is 0.398 e. The van der Waals surface area contributed by atoms with E-state index in [1.54, 1.807) is 0 Å². The van der Waals surface area contributed by atoms with Crippen molar-refractivity contribution in [2.45, 2.75) is 12.8 Å². The van der Waals surface area contributed by atoms with E-state index in [2.05, 4.69) is 9.72 Å². The molecule has 5 nitrogen and oxygen atoms in total. The molecule has 1 aromatic rings. The fourth-order valence-corrected chi connectivity index (χ4v) is 1.59. The molecule has 0 aliphatic heterocycles. The minimum absolute atomic E-state index is 0.403. The lowest BCUT2D eigenvalue weighted by molar-refractivity contribution is -0.390. The zero-order valence-corrected chi connectivity index (χ0v) is 10.2. The van der Waals surface area contributed by atoms with Gasteiger partial charge in [0.05, 0.1) is 10.5 Å². The molecule has 1 aromatic heterocycles. The van der Waals surface area contributed by atoms with Crippen molar-refractivity contribution in [3.05, 3.63) is 25.6 Å². The number of rotatable bonds is 3. The van der Waals surface area contributed by atoms with Gasteiger partial charge in [0, 0.05) is 6.20 Å². The minimum atomic E-state index is -5.32. The zero-order chi connectivity index (χ0) is 14.1. The molecule has 0 radical (unpaired) electrons. The average molecular weight is 384 g/mol. The monoisotopic (exact) mass is 384 g/mol. The van der Waals surface area contributed by atoms with E-state index >= 15 is 0 Å². The quantitative estimate of drug-likeness (QED) is 0.263. The topological polar surface area (TPSA) is 65.3 Å². The van der Waals surface area contributed by atoms with Crippen molar-refractivity contribution in [2.24, 2.45) is 0 Å².